The summed E-state index contributed by atoms with van der Waals surface area (Å²) in [6.07, 6.45) is -6.80. The van der Waals surface area contributed by atoms with Crippen LogP contribution in [0.1, 0.15) is 27.0 Å². The van der Waals surface area contributed by atoms with Gasteiger partial charge >= 0.3 is 18.2 Å². The largest absolute Gasteiger partial charge is 0.491 e. The van der Waals surface area contributed by atoms with Crippen LogP contribution in [-0.2, 0) is 21.9 Å². The lowest BCUT2D eigenvalue weighted by Gasteiger charge is -2.39. The van der Waals surface area contributed by atoms with E-state index in [0.717, 1.165) is 10.5 Å². The third-order valence-electron chi connectivity index (χ3n) is 6.94. The molecule has 2 amide bonds. The van der Waals surface area contributed by atoms with Gasteiger partial charge in [-0.25, -0.2) is 14.6 Å². The SMILES string of the molecule is O=C(O)Nc1nc2cc(C3(OC(=O)C(F)(F)F)c4ccccc4C(=O)N3c3cccc(OCc4ccccc4)c3)ccc2[nH]1. The van der Waals surface area contributed by atoms with Crippen molar-refractivity contribution in [1.82, 2.24) is 9.97 Å². The summed E-state index contributed by atoms with van der Waals surface area (Å²) in [7, 11) is 0. The Balaban J connectivity index is 1.53. The number of anilines is 2. The van der Waals surface area contributed by atoms with Crippen LogP contribution >= 0.6 is 0 Å². The smallest absolute Gasteiger partial charge is 0.489 e. The van der Waals surface area contributed by atoms with E-state index in [1.165, 1.54) is 54.6 Å². The van der Waals surface area contributed by atoms with Crippen LogP contribution in [0.3, 0.4) is 0 Å². The summed E-state index contributed by atoms with van der Waals surface area (Å²) in [5, 5.41) is 11.1. The third-order valence-corrected chi connectivity index (χ3v) is 6.94. The average molecular weight is 603 g/mol. The molecule has 3 N–H and O–H groups in total. The van der Waals surface area contributed by atoms with Crippen LogP contribution in [0.5, 0.6) is 5.75 Å². The van der Waals surface area contributed by atoms with E-state index in [0.29, 0.717) is 11.3 Å². The van der Waals surface area contributed by atoms with Gasteiger partial charge in [-0.15, -0.1) is 0 Å². The first kappa shape index (κ1) is 28.3. The third kappa shape index (κ3) is 5.04. The van der Waals surface area contributed by atoms with Gasteiger partial charge in [0.2, 0.25) is 11.7 Å². The molecule has 1 aromatic heterocycles. The van der Waals surface area contributed by atoms with Crippen molar-refractivity contribution in [3.8, 4) is 5.75 Å². The summed E-state index contributed by atoms with van der Waals surface area (Å²) in [5.41, 5.74) is -1.09. The number of benzene rings is 4. The lowest BCUT2D eigenvalue weighted by molar-refractivity contribution is -0.211. The van der Waals surface area contributed by atoms with Crippen molar-refractivity contribution in [2.24, 2.45) is 0 Å². The van der Waals surface area contributed by atoms with Gasteiger partial charge in [0.15, 0.2) is 0 Å². The first-order valence-electron chi connectivity index (χ1n) is 13.1. The van der Waals surface area contributed by atoms with Crippen molar-refractivity contribution in [2.45, 2.75) is 18.5 Å². The number of nitrogens with zero attached hydrogens (tertiary/aromatic N) is 2. The quantitative estimate of drug-likeness (QED) is 0.189. The summed E-state index contributed by atoms with van der Waals surface area (Å²) in [6, 6.07) is 25.4. The maximum absolute atomic E-state index is 14.0. The van der Waals surface area contributed by atoms with Crippen molar-refractivity contribution < 1.29 is 42.1 Å². The van der Waals surface area contributed by atoms with Crippen LogP contribution in [0, 0.1) is 0 Å². The number of carboxylic acid groups (broad SMARTS) is 1. The maximum atomic E-state index is 14.0. The minimum absolute atomic E-state index is 0.00781. The highest BCUT2D eigenvalue weighted by Gasteiger charge is 2.58. The van der Waals surface area contributed by atoms with E-state index in [1.54, 1.807) is 12.1 Å². The molecule has 0 saturated heterocycles. The Labute approximate surface area is 246 Å². The van der Waals surface area contributed by atoms with Crippen molar-refractivity contribution >= 4 is 40.6 Å². The molecule has 0 bridgehead atoms. The lowest BCUT2D eigenvalue weighted by atomic mass is 9.92. The molecule has 1 atom stereocenters. The fraction of sp³-hybridized carbons (Fsp3) is 0.0968. The van der Waals surface area contributed by atoms with Gasteiger partial charge in [0.25, 0.3) is 5.91 Å². The molecule has 6 rings (SSSR count). The summed E-state index contributed by atoms with van der Waals surface area (Å²) < 4.78 is 52.7. The highest BCUT2D eigenvalue weighted by atomic mass is 19.4. The van der Waals surface area contributed by atoms with Gasteiger partial charge in [-0.05, 0) is 35.9 Å². The highest BCUT2D eigenvalue weighted by molar-refractivity contribution is 6.13. The zero-order chi connectivity index (χ0) is 31.1. The van der Waals surface area contributed by atoms with Gasteiger partial charge in [-0.1, -0.05) is 60.7 Å². The van der Waals surface area contributed by atoms with Gasteiger partial charge in [0, 0.05) is 22.8 Å². The number of fused-ring (bicyclic) bond motifs is 2. The molecule has 1 aliphatic rings. The number of imidazole rings is 1. The number of rotatable bonds is 7. The van der Waals surface area contributed by atoms with Crippen LogP contribution in [0.25, 0.3) is 11.0 Å². The number of hydrogen-bond donors (Lipinski definition) is 3. The first-order valence-corrected chi connectivity index (χ1v) is 13.1. The Morgan fingerprint density at radius 1 is 0.955 bits per heavy atom. The van der Waals surface area contributed by atoms with E-state index >= 15 is 0 Å². The van der Waals surface area contributed by atoms with E-state index in [-0.39, 0.29) is 40.4 Å². The van der Waals surface area contributed by atoms with E-state index in [4.69, 9.17) is 14.6 Å². The molecule has 1 unspecified atom stereocenters. The summed E-state index contributed by atoms with van der Waals surface area (Å²) in [4.78, 5) is 45.6. The minimum atomic E-state index is -5.41. The standard InChI is InChI=1S/C31H21F3N4O6/c32-31(33,34)27(40)44-30(19-13-14-24-25(15-19)36-28(35-24)37-29(41)42)23-12-5-4-11-22(23)26(39)38(30)20-9-6-10-21(16-20)43-17-18-7-2-1-3-8-18/h1-16H,17H2,(H,41,42)(H2,35,36,37). The average Bonchev–Trinajstić information content (AvgIpc) is 3.51. The fourth-order valence-electron chi connectivity index (χ4n) is 5.11. The Morgan fingerprint density at radius 3 is 2.45 bits per heavy atom. The normalized spacial score (nSPS) is 16.1. The van der Waals surface area contributed by atoms with Gasteiger partial charge in [-0.2, -0.15) is 13.2 Å². The van der Waals surface area contributed by atoms with Gasteiger partial charge in [0.1, 0.15) is 12.4 Å². The molecular weight excluding hydrogens is 581 g/mol. The van der Waals surface area contributed by atoms with Crippen LogP contribution < -0.4 is 15.0 Å². The number of hydrogen-bond acceptors (Lipinski definition) is 6. The zero-order valence-electron chi connectivity index (χ0n) is 22.5. The lowest BCUT2D eigenvalue weighted by Crippen LogP contribution is -2.50. The van der Waals surface area contributed by atoms with Crippen LogP contribution in [0.15, 0.2) is 97.1 Å². The summed E-state index contributed by atoms with van der Waals surface area (Å²) >= 11 is 0. The van der Waals surface area contributed by atoms with E-state index in [9.17, 15) is 27.6 Å². The molecule has 5 aromatic rings. The number of aromatic nitrogens is 2. The Kier molecular flexibility index (Phi) is 6.92. The second-order valence-electron chi connectivity index (χ2n) is 9.74. The number of halogens is 3. The summed E-state index contributed by atoms with van der Waals surface area (Å²) in [6.45, 7) is 0.176. The number of ether oxygens (including phenoxy) is 2. The Hall–Kier alpha value is -5.85. The number of carbonyl (C=O) groups excluding carboxylic acids is 2. The monoisotopic (exact) mass is 602 g/mol. The molecular formula is C31H21F3N4O6. The van der Waals surface area contributed by atoms with Crippen molar-refractivity contribution in [3.63, 3.8) is 0 Å². The first-order chi connectivity index (χ1) is 21.1. The predicted octanol–water partition coefficient (Wildman–Crippen LogP) is 6.20. The van der Waals surface area contributed by atoms with E-state index in [1.807, 2.05) is 30.3 Å². The molecule has 0 spiro atoms. The van der Waals surface area contributed by atoms with E-state index < -0.39 is 29.9 Å². The van der Waals surface area contributed by atoms with Crippen LogP contribution in [0.4, 0.5) is 29.6 Å². The molecule has 13 heteroatoms. The molecule has 0 saturated carbocycles. The topological polar surface area (TPSA) is 134 Å². The second kappa shape index (κ2) is 10.8. The molecule has 1 aliphatic heterocycles. The number of carbonyl (C=O) groups is 3. The molecule has 0 aliphatic carbocycles. The number of amides is 2. The molecule has 222 valence electrons. The van der Waals surface area contributed by atoms with Crippen molar-refractivity contribution in [2.75, 3.05) is 10.2 Å². The fourth-order valence-corrected chi connectivity index (χ4v) is 5.11. The number of aromatic amines is 1. The molecule has 2 heterocycles. The number of nitrogens with one attached hydrogen (secondary N) is 2. The second-order valence-corrected chi connectivity index (χ2v) is 9.74. The van der Waals surface area contributed by atoms with Crippen molar-refractivity contribution in [1.29, 1.82) is 0 Å². The Morgan fingerprint density at radius 2 is 1.70 bits per heavy atom. The highest BCUT2D eigenvalue weighted by Crippen LogP contribution is 2.49. The van der Waals surface area contributed by atoms with Crippen molar-refractivity contribution in [3.05, 3.63) is 119 Å². The molecule has 44 heavy (non-hydrogen) atoms. The number of alkyl halides is 3. The Bertz CT molecular complexity index is 1910. The van der Waals surface area contributed by atoms with Crippen LogP contribution in [0.2, 0.25) is 0 Å². The maximum Gasteiger partial charge on any atom is 0.491 e. The molecule has 0 radical (unpaired) electrons. The number of esters is 1. The zero-order valence-corrected chi connectivity index (χ0v) is 22.5. The van der Waals surface area contributed by atoms with E-state index in [2.05, 4.69) is 15.3 Å². The van der Waals surface area contributed by atoms with Gasteiger partial charge < -0.3 is 19.6 Å². The number of H-pyrrole nitrogens is 1. The van der Waals surface area contributed by atoms with Gasteiger partial charge in [-0.3, -0.25) is 15.0 Å². The predicted molar refractivity (Wildman–Crippen MR) is 151 cm³/mol. The minimum Gasteiger partial charge on any atom is -0.489 e. The molecule has 4 aromatic carbocycles. The summed E-state index contributed by atoms with van der Waals surface area (Å²) in [5.74, 6) is -3.10. The van der Waals surface area contributed by atoms with Gasteiger partial charge in [0.05, 0.1) is 16.7 Å². The molecule has 0 fully saturated rings. The molecule has 10 nitrogen and oxygen atoms in total. The van der Waals surface area contributed by atoms with Crippen LogP contribution in [-0.4, -0.2) is 39.2 Å².